The maximum absolute atomic E-state index is 13.7. The van der Waals surface area contributed by atoms with Gasteiger partial charge in [0.2, 0.25) is 5.91 Å². The number of nitrogens with zero attached hydrogens (tertiary/aromatic N) is 6. The van der Waals surface area contributed by atoms with E-state index in [0.717, 1.165) is 25.2 Å². The Kier molecular flexibility index (Phi) is 5.35. The van der Waals surface area contributed by atoms with E-state index >= 15 is 0 Å². The number of halogens is 1. The first-order chi connectivity index (χ1) is 17.1. The molecule has 3 aliphatic rings. The molecule has 3 aromatic rings. The summed E-state index contributed by atoms with van der Waals surface area (Å²) in [6.45, 7) is 2.66. The molecule has 2 heterocycles. The van der Waals surface area contributed by atoms with Crippen molar-refractivity contribution in [1.29, 1.82) is 0 Å². The van der Waals surface area contributed by atoms with Crippen LogP contribution in [0.5, 0.6) is 0 Å². The molecule has 178 valence electrons. The van der Waals surface area contributed by atoms with Gasteiger partial charge in [-0.25, -0.2) is 4.39 Å². The largest absolute Gasteiger partial charge is 0.339 e. The van der Waals surface area contributed by atoms with Crippen molar-refractivity contribution in [2.45, 2.75) is 30.8 Å². The maximum Gasteiger partial charge on any atom is 0.250 e. The van der Waals surface area contributed by atoms with Crippen LogP contribution in [0.25, 0.3) is 21.2 Å². The maximum atomic E-state index is 13.7. The molecule has 0 aromatic heterocycles. The van der Waals surface area contributed by atoms with Crippen LogP contribution in [0.4, 0.5) is 10.1 Å². The molecular formula is C27H27FN6O. The van der Waals surface area contributed by atoms with Crippen LogP contribution < -0.4 is 4.90 Å². The fourth-order valence-electron chi connectivity index (χ4n) is 6.34. The summed E-state index contributed by atoms with van der Waals surface area (Å²) < 4.78 is 13.6. The van der Waals surface area contributed by atoms with Crippen molar-refractivity contribution in [2.24, 2.45) is 5.11 Å². The molecule has 0 bridgehead atoms. The molecular weight excluding hydrogens is 443 g/mol. The molecule has 2 aliphatic heterocycles. The van der Waals surface area contributed by atoms with Crippen LogP contribution in [0.3, 0.4) is 0 Å². The van der Waals surface area contributed by atoms with Gasteiger partial charge in [0.25, 0.3) is 0 Å². The number of hydrogen-bond donors (Lipinski definition) is 0. The Balaban J connectivity index is 1.27. The lowest BCUT2D eigenvalue weighted by atomic mass is 9.84. The number of hydrogen-bond acceptors (Lipinski definition) is 4. The van der Waals surface area contributed by atoms with Crippen LogP contribution in [0.2, 0.25) is 0 Å². The molecule has 6 rings (SSSR count). The topological polar surface area (TPSA) is 75.6 Å². The third-order valence-corrected chi connectivity index (χ3v) is 8.05. The highest BCUT2D eigenvalue weighted by Crippen LogP contribution is 2.45. The molecule has 0 saturated carbocycles. The molecule has 3 aromatic carbocycles. The Bertz CT molecular complexity index is 1320. The summed E-state index contributed by atoms with van der Waals surface area (Å²) in [5, 5.41) is 6.30. The zero-order valence-corrected chi connectivity index (χ0v) is 19.5. The molecule has 8 heteroatoms. The van der Waals surface area contributed by atoms with Crippen LogP contribution in [0.1, 0.15) is 30.0 Å². The molecule has 7 nitrogen and oxygen atoms in total. The zero-order valence-electron chi connectivity index (χ0n) is 19.5. The Hall–Kier alpha value is -3.61. The first kappa shape index (κ1) is 21.9. The van der Waals surface area contributed by atoms with Gasteiger partial charge in [-0.05, 0) is 71.0 Å². The number of amides is 1. The summed E-state index contributed by atoms with van der Waals surface area (Å²) in [6.07, 6.45) is 2.39. The first-order valence-corrected chi connectivity index (χ1v) is 12.2. The number of azide groups is 1. The molecule has 0 N–H and O–H groups in total. The Labute approximate surface area is 203 Å². The molecule has 1 aliphatic carbocycles. The molecule has 1 spiro atoms. The average Bonchev–Trinajstić information content (AvgIpc) is 3.38. The van der Waals surface area contributed by atoms with Gasteiger partial charge in [-0.3, -0.25) is 9.69 Å². The quantitative estimate of drug-likeness (QED) is 0.298. The minimum Gasteiger partial charge on any atom is -0.339 e. The number of piperidine rings is 1. The summed E-state index contributed by atoms with van der Waals surface area (Å²) in [7, 11) is 0. The normalized spacial score (nSPS) is 21.2. The van der Waals surface area contributed by atoms with Crippen molar-refractivity contribution in [3.63, 3.8) is 0 Å². The fourth-order valence-corrected chi connectivity index (χ4v) is 6.34. The van der Waals surface area contributed by atoms with Crippen LogP contribution in [0, 0.1) is 5.82 Å². The Morgan fingerprint density at radius 1 is 1.06 bits per heavy atom. The lowest BCUT2D eigenvalue weighted by Gasteiger charge is -2.45. The summed E-state index contributed by atoms with van der Waals surface area (Å²) in [4.78, 5) is 23.0. The van der Waals surface area contributed by atoms with E-state index in [1.165, 1.54) is 34.0 Å². The lowest BCUT2D eigenvalue weighted by Crippen LogP contribution is -2.57. The summed E-state index contributed by atoms with van der Waals surface area (Å²) in [5.74, 6) is -0.218. The fraction of sp³-hybridized carbons (Fsp3) is 0.370. The average molecular weight is 471 g/mol. The van der Waals surface area contributed by atoms with E-state index in [4.69, 9.17) is 5.53 Å². The third kappa shape index (κ3) is 3.52. The first-order valence-electron chi connectivity index (χ1n) is 12.2. The van der Waals surface area contributed by atoms with Crippen molar-refractivity contribution in [3.05, 3.63) is 88.1 Å². The summed E-state index contributed by atoms with van der Waals surface area (Å²) >= 11 is 0. The van der Waals surface area contributed by atoms with Crippen LogP contribution in [0.15, 0.2) is 65.8 Å². The molecule has 2 fully saturated rings. The summed E-state index contributed by atoms with van der Waals surface area (Å²) in [5.41, 5.74) is 11.6. The van der Waals surface area contributed by atoms with Gasteiger partial charge in [0.15, 0.2) is 0 Å². The number of carbonyl (C=O) groups is 1. The molecule has 0 radical (unpaired) electrons. The minimum atomic E-state index is -0.665. The monoisotopic (exact) mass is 470 g/mol. The molecule has 1 unspecified atom stereocenters. The smallest absolute Gasteiger partial charge is 0.250 e. The van der Waals surface area contributed by atoms with Gasteiger partial charge in [0, 0.05) is 42.8 Å². The lowest BCUT2D eigenvalue weighted by molar-refractivity contribution is -0.133. The van der Waals surface area contributed by atoms with E-state index in [0.29, 0.717) is 32.1 Å². The molecule has 1 amide bonds. The van der Waals surface area contributed by atoms with E-state index < -0.39 is 5.54 Å². The minimum absolute atomic E-state index is 0.0754. The van der Waals surface area contributed by atoms with Gasteiger partial charge < -0.3 is 9.80 Å². The molecule has 2 saturated heterocycles. The van der Waals surface area contributed by atoms with E-state index in [1.807, 2.05) is 0 Å². The number of anilines is 1. The standard InChI is InChI=1S/C27H27FN6O/c28-21-7-9-22(10-8-21)34-18-33(16-13-30-31-29)26(35)27(34)11-14-32(15-12-27)24-17-20-5-1-3-19-4-2-6-23(24)25(19)20/h1-10,24H,11-18H2. The number of likely N-dealkylation sites (tertiary alicyclic amines) is 1. The van der Waals surface area contributed by atoms with Crippen LogP contribution >= 0.6 is 0 Å². The zero-order chi connectivity index (χ0) is 24.0. The highest BCUT2D eigenvalue weighted by atomic mass is 19.1. The van der Waals surface area contributed by atoms with Crippen molar-refractivity contribution in [1.82, 2.24) is 9.80 Å². The number of rotatable bonds is 5. The van der Waals surface area contributed by atoms with Gasteiger partial charge in [0.05, 0.1) is 6.67 Å². The highest BCUT2D eigenvalue weighted by molar-refractivity contribution is 5.94. The second kappa shape index (κ2) is 8.56. The predicted octanol–water partition coefficient (Wildman–Crippen LogP) is 5.03. The number of benzene rings is 3. The van der Waals surface area contributed by atoms with E-state index in [-0.39, 0.29) is 18.3 Å². The third-order valence-electron chi connectivity index (χ3n) is 8.05. The highest BCUT2D eigenvalue weighted by Gasteiger charge is 2.54. The van der Waals surface area contributed by atoms with E-state index in [9.17, 15) is 9.18 Å². The molecule has 1 atom stereocenters. The second-order valence-electron chi connectivity index (χ2n) is 9.72. The van der Waals surface area contributed by atoms with E-state index in [2.05, 4.69) is 56.2 Å². The Morgan fingerprint density at radius 2 is 1.80 bits per heavy atom. The van der Waals surface area contributed by atoms with Crippen LogP contribution in [-0.4, -0.2) is 54.1 Å². The second-order valence-corrected chi connectivity index (χ2v) is 9.72. The van der Waals surface area contributed by atoms with Gasteiger partial charge in [-0.2, -0.15) is 0 Å². The van der Waals surface area contributed by atoms with Gasteiger partial charge in [0.1, 0.15) is 11.4 Å². The van der Waals surface area contributed by atoms with Crippen LogP contribution in [-0.2, 0) is 11.2 Å². The predicted molar refractivity (Wildman–Crippen MR) is 133 cm³/mol. The van der Waals surface area contributed by atoms with Gasteiger partial charge >= 0.3 is 0 Å². The van der Waals surface area contributed by atoms with Crippen molar-refractivity contribution in [2.75, 3.05) is 37.7 Å². The van der Waals surface area contributed by atoms with Gasteiger partial charge in [-0.15, -0.1) is 0 Å². The number of carbonyl (C=O) groups excluding carboxylic acids is 1. The molecule has 35 heavy (non-hydrogen) atoms. The summed E-state index contributed by atoms with van der Waals surface area (Å²) in [6, 6.07) is 19.8. The Morgan fingerprint density at radius 3 is 2.54 bits per heavy atom. The SMILES string of the molecule is [N-]=[N+]=NCCN1CN(c2ccc(F)cc2)C2(CCN(C3Cc4cccc5cccc3c45)CC2)C1=O. The van der Waals surface area contributed by atoms with Crippen molar-refractivity contribution in [3.8, 4) is 0 Å². The van der Waals surface area contributed by atoms with Crippen molar-refractivity contribution >= 4 is 22.4 Å². The van der Waals surface area contributed by atoms with Crippen molar-refractivity contribution < 1.29 is 9.18 Å². The van der Waals surface area contributed by atoms with E-state index in [1.54, 1.807) is 17.0 Å². The van der Waals surface area contributed by atoms with Gasteiger partial charge in [-0.1, -0.05) is 41.5 Å².